The van der Waals surface area contributed by atoms with Crippen molar-refractivity contribution in [2.45, 2.75) is 75.4 Å². The summed E-state index contributed by atoms with van der Waals surface area (Å²) in [6.07, 6.45) is 0.704. The molecule has 2 unspecified atom stereocenters. The van der Waals surface area contributed by atoms with E-state index < -0.39 is 11.4 Å². The fourth-order valence-electron chi connectivity index (χ4n) is 3.09. The topological polar surface area (TPSA) is 57.7 Å². The summed E-state index contributed by atoms with van der Waals surface area (Å²) in [5.74, 6) is -0.177. The van der Waals surface area contributed by atoms with Gasteiger partial charge in [0.15, 0.2) is 10.1 Å². The molecule has 3 rings (SSSR count). The van der Waals surface area contributed by atoms with E-state index >= 15 is 0 Å². The lowest BCUT2D eigenvalue weighted by atomic mass is 10.1. The van der Waals surface area contributed by atoms with Crippen molar-refractivity contribution in [1.82, 2.24) is 4.98 Å². The average molecular weight is 410 g/mol. The number of aromatic nitrogens is 1. The lowest BCUT2D eigenvalue weighted by molar-refractivity contribution is -0.295. The summed E-state index contributed by atoms with van der Waals surface area (Å²) in [6, 6.07) is 8.14. The molecule has 0 spiro atoms. The van der Waals surface area contributed by atoms with Gasteiger partial charge in [0.05, 0.1) is 28.8 Å². The van der Waals surface area contributed by atoms with Gasteiger partial charge < -0.3 is 14.2 Å². The number of hydrogen-bond donors (Lipinski definition) is 0. The Labute approximate surface area is 168 Å². The van der Waals surface area contributed by atoms with E-state index in [9.17, 15) is 4.79 Å². The Morgan fingerprint density at radius 1 is 1.30 bits per heavy atom. The van der Waals surface area contributed by atoms with Crippen molar-refractivity contribution in [2.24, 2.45) is 0 Å². The van der Waals surface area contributed by atoms with E-state index in [0.29, 0.717) is 6.42 Å². The number of carbonyl (C=O) groups excluding carboxylic acids is 1. The molecule has 2 aromatic rings. The number of rotatable bonds is 5. The van der Waals surface area contributed by atoms with Crippen molar-refractivity contribution < 1.29 is 19.0 Å². The third-order valence-corrected chi connectivity index (χ3v) is 6.22. The second kappa shape index (κ2) is 8.07. The Kier molecular flexibility index (Phi) is 6.15. The van der Waals surface area contributed by atoms with Gasteiger partial charge in [-0.2, -0.15) is 0 Å². The van der Waals surface area contributed by atoms with Gasteiger partial charge in [-0.3, -0.25) is 4.79 Å². The zero-order valence-electron chi connectivity index (χ0n) is 16.5. The molecule has 0 N–H and O–H groups in total. The summed E-state index contributed by atoms with van der Waals surface area (Å²) < 4.78 is 19.7. The largest absolute Gasteiger partial charge is 0.460 e. The minimum absolute atomic E-state index is 0.00167. The van der Waals surface area contributed by atoms with Gasteiger partial charge >= 0.3 is 5.97 Å². The maximum Gasteiger partial charge on any atom is 0.308 e. The number of carbonyl (C=O) groups is 1. The van der Waals surface area contributed by atoms with Gasteiger partial charge in [0.1, 0.15) is 5.60 Å². The maximum atomic E-state index is 12.2. The first-order valence-electron chi connectivity index (χ1n) is 9.15. The molecule has 0 saturated carbocycles. The molecule has 7 heteroatoms. The molecule has 0 radical (unpaired) electrons. The summed E-state index contributed by atoms with van der Waals surface area (Å²) in [7, 11) is 0. The van der Waals surface area contributed by atoms with E-state index in [2.05, 4.69) is 11.1 Å². The van der Waals surface area contributed by atoms with E-state index in [-0.39, 0.29) is 24.6 Å². The third-order valence-electron chi connectivity index (χ3n) is 3.91. The van der Waals surface area contributed by atoms with Gasteiger partial charge in [0.25, 0.3) is 0 Å². The molecule has 0 aliphatic carbocycles. The monoisotopic (exact) mass is 409 g/mol. The average Bonchev–Trinajstić information content (AvgIpc) is 2.92. The lowest BCUT2D eigenvalue weighted by Gasteiger charge is -2.40. The number of thiazole rings is 1. The van der Waals surface area contributed by atoms with Gasteiger partial charge in [0, 0.05) is 12.2 Å². The molecule has 148 valence electrons. The van der Waals surface area contributed by atoms with Crippen molar-refractivity contribution in [3.8, 4) is 0 Å². The molecule has 1 aliphatic rings. The van der Waals surface area contributed by atoms with Crippen LogP contribution in [0.1, 0.15) is 47.5 Å². The lowest BCUT2D eigenvalue weighted by Crippen LogP contribution is -2.46. The Morgan fingerprint density at radius 3 is 2.70 bits per heavy atom. The van der Waals surface area contributed by atoms with Crippen molar-refractivity contribution in [3.05, 3.63) is 24.3 Å². The molecule has 27 heavy (non-hydrogen) atoms. The smallest absolute Gasteiger partial charge is 0.308 e. The molecule has 1 fully saturated rings. The molecule has 1 aromatic heterocycles. The van der Waals surface area contributed by atoms with Crippen LogP contribution in [0.15, 0.2) is 28.6 Å². The SMILES string of the molecule is CC(C)(C)OC(=O)CC1CC(CSc2nc3ccccc3s2)OC(C)(C)O1. The number of esters is 1. The van der Waals surface area contributed by atoms with Gasteiger partial charge in [-0.05, 0) is 46.8 Å². The number of fused-ring (bicyclic) bond motifs is 1. The highest BCUT2D eigenvalue weighted by molar-refractivity contribution is 8.01. The Balaban J connectivity index is 1.58. The van der Waals surface area contributed by atoms with Gasteiger partial charge in [0.2, 0.25) is 0 Å². The van der Waals surface area contributed by atoms with Crippen LogP contribution in [0.5, 0.6) is 0 Å². The first kappa shape index (κ1) is 20.6. The quantitative estimate of drug-likeness (QED) is 0.510. The molecule has 2 heterocycles. The van der Waals surface area contributed by atoms with E-state index in [1.807, 2.05) is 52.8 Å². The molecular weight excluding hydrogens is 382 g/mol. The molecule has 2 atom stereocenters. The number of ether oxygens (including phenoxy) is 3. The van der Waals surface area contributed by atoms with Crippen molar-refractivity contribution in [1.29, 1.82) is 0 Å². The van der Waals surface area contributed by atoms with Crippen LogP contribution in [-0.2, 0) is 19.0 Å². The molecule has 0 amide bonds. The summed E-state index contributed by atoms with van der Waals surface area (Å²) in [5, 5.41) is 0. The summed E-state index contributed by atoms with van der Waals surface area (Å²) >= 11 is 3.39. The fourth-order valence-corrected chi connectivity index (χ4v) is 5.19. The molecule has 1 saturated heterocycles. The van der Waals surface area contributed by atoms with Crippen LogP contribution in [0.4, 0.5) is 0 Å². The first-order chi connectivity index (χ1) is 12.6. The molecule has 5 nitrogen and oxygen atoms in total. The fraction of sp³-hybridized carbons (Fsp3) is 0.600. The normalized spacial score (nSPS) is 22.7. The van der Waals surface area contributed by atoms with Gasteiger partial charge in [-0.15, -0.1) is 11.3 Å². The number of thioether (sulfide) groups is 1. The van der Waals surface area contributed by atoms with Gasteiger partial charge in [-0.1, -0.05) is 23.9 Å². The second-order valence-electron chi connectivity index (χ2n) is 8.16. The van der Waals surface area contributed by atoms with E-state index in [4.69, 9.17) is 14.2 Å². The summed E-state index contributed by atoms with van der Waals surface area (Å²) in [4.78, 5) is 16.8. The van der Waals surface area contributed by atoms with Crippen molar-refractivity contribution >= 4 is 39.3 Å². The standard InChI is InChI=1S/C20H27NO4S2/c1-19(2,3)25-17(22)11-13-10-14(24-20(4,5)23-13)12-26-18-21-15-8-6-7-9-16(15)27-18/h6-9,13-14H,10-12H2,1-5H3. The number of nitrogens with zero attached hydrogens (tertiary/aromatic N) is 1. The second-order valence-corrected chi connectivity index (χ2v) is 10.5. The van der Waals surface area contributed by atoms with Crippen LogP contribution < -0.4 is 0 Å². The highest BCUT2D eigenvalue weighted by atomic mass is 32.2. The van der Waals surface area contributed by atoms with Crippen LogP contribution in [0.3, 0.4) is 0 Å². The number of benzene rings is 1. The molecule has 1 aliphatic heterocycles. The van der Waals surface area contributed by atoms with Crippen LogP contribution in [0.25, 0.3) is 10.2 Å². The highest BCUT2D eigenvalue weighted by Crippen LogP contribution is 2.34. The number of hydrogen-bond acceptors (Lipinski definition) is 7. The third kappa shape index (κ3) is 6.17. The summed E-state index contributed by atoms with van der Waals surface area (Å²) in [5.41, 5.74) is 0.542. The molecule has 1 aromatic carbocycles. The predicted octanol–water partition coefficient (Wildman–Crippen LogP) is 5.03. The first-order valence-corrected chi connectivity index (χ1v) is 11.0. The Bertz CT molecular complexity index is 764. The van der Waals surface area contributed by atoms with Crippen LogP contribution in [-0.4, -0.2) is 40.3 Å². The highest BCUT2D eigenvalue weighted by Gasteiger charge is 2.37. The van der Waals surface area contributed by atoms with E-state index in [0.717, 1.165) is 15.6 Å². The minimum Gasteiger partial charge on any atom is -0.460 e. The number of para-hydroxylation sites is 1. The van der Waals surface area contributed by atoms with Crippen molar-refractivity contribution in [2.75, 3.05) is 5.75 Å². The Morgan fingerprint density at radius 2 is 2.00 bits per heavy atom. The predicted molar refractivity (Wildman–Crippen MR) is 109 cm³/mol. The van der Waals surface area contributed by atoms with Crippen LogP contribution in [0.2, 0.25) is 0 Å². The summed E-state index contributed by atoms with van der Waals surface area (Å²) in [6.45, 7) is 9.40. The zero-order chi connectivity index (χ0) is 19.7. The van der Waals surface area contributed by atoms with Gasteiger partial charge in [-0.25, -0.2) is 4.98 Å². The van der Waals surface area contributed by atoms with E-state index in [1.165, 1.54) is 4.70 Å². The zero-order valence-corrected chi connectivity index (χ0v) is 18.1. The van der Waals surface area contributed by atoms with Crippen LogP contribution in [0, 0.1) is 0 Å². The van der Waals surface area contributed by atoms with Crippen molar-refractivity contribution in [3.63, 3.8) is 0 Å². The molecule has 0 bridgehead atoms. The van der Waals surface area contributed by atoms with E-state index in [1.54, 1.807) is 23.1 Å². The Hall–Kier alpha value is -1.15. The van der Waals surface area contributed by atoms with Crippen LogP contribution >= 0.6 is 23.1 Å². The minimum atomic E-state index is -0.719. The maximum absolute atomic E-state index is 12.2. The molecular formula is C20H27NO4S2.